The van der Waals surface area contributed by atoms with Crippen LogP contribution < -0.4 is 10.4 Å². The highest BCUT2D eigenvalue weighted by molar-refractivity contribution is 5.78. The van der Waals surface area contributed by atoms with Gasteiger partial charge in [0.1, 0.15) is 17.4 Å². The lowest BCUT2D eigenvalue weighted by atomic mass is 10.0. The van der Waals surface area contributed by atoms with Crippen molar-refractivity contribution < 1.29 is 23.8 Å². The van der Waals surface area contributed by atoms with Gasteiger partial charge in [0, 0.05) is 23.9 Å². The van der Waals surface area contributed by atoms with E-state index in [4.69, 9.17) is 13.9 Å². The first kappa shape index (κ1) is 22.9. The van der Waals surface area contributed by atoms with Gasteiger partial charge in [0.2, 0.25) is 0 Å². The molecule has 0 aliphatic rings. The predicted molar refractivity (Wildman–Crippen MR) is 112 cm³/mol. The van der Waals surface area contributed by atoms with Crippen molar-refractivity contribution in [1.29, 1.82) is 0 Å². The Morgan fingerprint density at radius 3 is 2.55 bits per heavy atom. The molecule has 2 atom stereocenters. The Balaban J connectivity index is 2.16. The zero-order valence-corrected chi connectivity index (χ0v) is 17.8. The number of benzene rings is 1. The standard InChI is InChI=1S/C23H32O6/c1-5-7-8-9-17(6-2)28-22(25)20(15-23(3,4)26)27-18-12-10-16-11-13-21(24)29-19(16)14-18/h10-14,17,20,26H,5-9,15H2,1-4H3. The summed E-state index contributed by atoms with van der Waals surface area (Å²) in [5.74, 6) is -0.123. The van der Waals surface area contributed by atoms with E-state index in [2.05, 4.69) is 6.92 Å². The average molecular weight is 405 g/mol. The van der Waals surface area contributed by atoms with E-state index in [0.29, 0.717) is 11.3 Å². The normalized spacial score (nSPS) is 13.8. The summed E-state index contributed by atoms with van der Waals surface area (Å²) in [4.78, 5) is 24.3. The number of esters is 1. The van der Waals surface area contributed by atoms with Crippen molar-refractivity contribution in [3.63, 3.8) is 0 Å². The second-order valence-corrected chi connectivity index (χ2v) is 8.04. The van der Waals surface area contributed by atoms with Crippen LogP contribution in [-0.4, -0.2) is 28.9 Å². The lowest BCUT2D eigenvalue weighted by Crippen LogP contribution is -2.38. The largest absolute Gasteiger partial charge is 0.478 e. The minimum absolute atomic E-state index is 0.0774. The third-order valence-electron chi connectivity index (χ3n) is 4.69. The van der Waals surface area contributed by atoms with Crippen LogP contribution in [0.3, 0.4) is 0 Å². The molecule has 1 heterocycles. The quantitative estimate of drug-likeness (QED) is 0.335. The first-order valence-electron chi connectivity index (χ1n) is 10.3. The highest BCUT2D eigenvalue weighted by Gasteiger charge is 2.31. The lowest BCUT2D eigenvalue weighted by Gasteiger charge is -2.26. The molecule has 1 aromatic heterocycles. The summed E-state index contributed by atoms with van der Waals surface area (Å²) in [6.45, 7) is 7.36. The SMILES string of the molecule is CCCCCC(CC)OC(=O)C(CC(C)(C)O)Oc1ccc2ccc(=O)oc2c1. The molecule has 2 aromatic rings. The second kappa shape index (κ2) is 10.4. The van der Waals surface area contributed by atoms with Crippen molar-refractivity contribution in [2.75, 3.05) is 0 Å². The van der Waals surface area contributed by atoms with Gasteiger partial charge in [-0.25, -0.2) is 9.59 Å². The molecule has 0 saturated carbocycles. The topological polar surface area (TPSA) is 86.0 Å². The van der Waals surface area contributed by atoms with E-state index in [0.717, 1.165) is 37.5 Å². The van der Waals surface area contributed by atoms with Gasteiger partial charge < -0.3 is 19.0 Å². The fourth-order valence-electron chi connectivity index (χ4n) is 3.11. The van der Waals surface area contributed by atoms with Gasteiger partial charge in [-0.3, -0.25) is 0 Å². The number of ether oxygens (including phenoxy) is 2. The first-order valence-corrected chi connectivity index (χ1v) is 10.3. The predicted octanol–water partition coefficient (Wildman–Crippen LogP) is 4.60. The zero-order chi connectivity index (χ0) is 21.4. The third-order valence-corrected chi connectivity index (χ3v) is 4.69. The van der Waals surface area contributed by atoms with Crippen LogP contribution in [0.4, 0.5) is 0 Å². The molecular weight excluding hydrogens is 372 g/mol. The molecule has 6 nitrogen and oxygen atoms in total. The molecule has 0 spiro atoms. The van der Waals surface area contributed by atoms with Crippen molar-refractivity contribution in [1.82, 2.24) is 0 Å². The molecular formula is C23H32O6. The lowest BCUT2D eigenvalue weighted by molar-refractivity contribution is -0.160. The molecule has 1 aromatic carbocycles. The fourth-order valence-corrected chi connectivity index (χ4v) is 3.11. The summed E-state index contributed by atoms with van der Waals surface area (Å²) < 4.78 is 16.7. The molecule has 0 aliphatic carbocycles. The van der Waals surface area contributed by atoms with Gasteiger partial charge in [0.05, 0.1) is 5.60 Å². The van der Waals surface area contributed by atoms with Crippen LogP contribution in [0.1, 0.15) is 66.2 Å². The summed E-state index contributed by atoms with van der Waals surface area (Å²) in [7, 11) is 0. The molecule has 29 heavy (non-hydrogen) atoms. The Bertz CT molecular complexity index is 848. The number of hydrogen-bond acceptors (Lipinski definition) is 6. The highest BCUT2D eigenvalue weighted by Crippen LogP contribution is 2.24. The molecule has 0 aliphatic heterocycles. The minimum Gasteiger partial charge on any atom is -0.478 e. The molecule has 0 fully saturated rings. The van der Waals surface area contributed by atoms with Crippen LogP contribution in [0.15, 0.2) is 39.5 Å². The molecule has 2 rings (SSSR count). The zero-order valence-electron chi connectivity index (χ0n) is 17.8. The van der Waals surface area contributed by atoms with Crippen LogP contribution in [0.25, 0.3) is 11.0 Å². The van der Waals surface area contributed by atoms with E-state index < -0.39 is 23.3 Å². The van der Waals surface area contributed by atoms with Crippen molar-refractivity contribution in [3.8, 4) is 5.75 Å². The molecule has 0 amide bonds. The fraction of sp³-hybridized carbons (Fsp3) is 0.565. The number of rotatable bonds is 11. The van der Waals surface area contributed by atoms with Crippen LogP contribution in [0.5, 0.6) is 5.75 Å². The monoisotopic (exact) mass is 404 g/mol. The number of unbranched alkanes of at least 4 members (excludes halogenated alkanes) is 2. The van der Waals surface area contributed by atoms with Crippen LogP contribution in [-0.2, 0) is 9.53 Å². The summed E-state index contributed by atoms with van der Waals surface area (Å²) in [6, 6.07) is 8.03. The van der Waals surface area contributed by atoms with Crippen molar-refractivity contribution in [3.05, 3.63) is 40.8 Å². The number of carbonyl (C=O) groups is 1. The minimum atomic E-state index is -1.11. The van der Waals surface area contributed by atoms with Crippen molar-refractivity contribution >= 4 is 16.9 Å². The first-order chi connectivity index (χ1) is 13.7. The maximum atomic E-state index is 12.8. The number of hydrogen-bond donors (Lipinski definition) is 1. The maximum absolute atomic E-state index is 12.8. The molecule has 6 heteroatoms. The number of fused-ring (bicyclic) bond motifs is 1. The second-order valence-electron chi connectivity index (χ2n) is 8.04. The Kier molecular flexibility index (Phi) is 8.26. The Morgan fingerprint density at radius 2 is 1.90 bits per heavy atom. The molecule has 1 N–H and O–H groups in total. The summed E-state index contributed by atoms with van der Waals surface area (Å²) in [6.07, 6.45) is 3.68. The van der Waals surface area contributed by atoms with E-state index in [1.807, 2.05) is 6.92 Å². The van der Waals surface area contributed by atoms with E-state index >= 15 is 0 Å². The molecule has 2 unspecified atom stereocenters. The average Bonchev–Trinajstić information content (AvgIpc) is 2.65. The van der Waals surface area contributed by atoms with Crippen molar-refractivity contribution in [2.24, 2.45) is 0 Å². The summed E-state index contributed by atoms with van der Waals surface area (Å²) in [5, 5.41) is 11.0. The summed E-state index contributed by atoms with van der Waals surface area (Å²) in [5.41, 5.74) is -1.20. The van der Waals surface area contributed by atoms with Gasteiger partial charge >= 0.3 is 11.6 Å². The number of carbonyl (C=O) groups excluding carboxylic acids is 1. The van der Waals surface area contributed by atoms with Gasteiger partial charge in [-0.15, -0.1) is 0 Å². The van der Waals surface area contributed by atoms with E-state index in [9.17, 15) is 14.7 Å². The maximum Gasteiger partial charge on any atom is 0.347 e. The van der Waals surface area contributed by atoms with Gasteiger partial charge in [-0.2, -0.15) is 0 Å². The Hall–Kier alpha value is -2.34. The Labute approximate surface area is 171 Å². The van der Waals surface area contributed by atoms with E-state index in [-0.39, 0.29) is 12.5 Å². The molecule has 0 saturated heterocycles. The van der Waals surface area contributed by atoms with Crippen molar-refractivity contribution in [2.45, 2.75) is 84.0 Å². The van der Waals surface area contributed by atoms with E-state index in [1.54, 1.807) is 38.1 Å². The molecule has 0 radical (unpaired) electrons. The molecule has 0 bridgehead atoms. The smallest absolute Gasteiger partial charge is 0.347 e. The summed E-state index contributed by atoms with van der Waals surface area (Å²) >= 11 is 0. The van der Waals surface area contributed by atoms with Gasteiger partial charge in [-0.05, 0) is 51.3 Å². The van der Waals surface area contributed by atoms with E-state index in [1.165, 1.54) is 6.07 Å². The van der Waals surface area contributed by atoms with Gasteiger partial charge in [-0.1, -0.05) is 26.7 Å². The van der Waals surface area contributed by atoms with Crippen LogP contribution in [0, 0.1) is 0 Å². The van der Waals surface area contributed by atoms with Gasteiger partial charge in [0.25, 0.3) is 0 Å². The highest BCUT2D eigenvalue weighted by atomic mass is 16.6. The van der Waals surface area contributed by atoms with Gasteiger partial charge in [0.15, 0.2) is 6.10 Å². The van der Waals surface area contributed by atoms with Crippen LogP contribution >= 0.6 is 0 Å². The van der Waals surface area contributed by atoms with Crippen LogP contribution in [0.2, 0.25) is 0 Å². The number of aliphatic hydroxyl groups is 1. The molecule has 160 valence electrons. The third kappa shape index (κ3) is 7.54. The Morgan fingerprint density at radius 1 is 1.17 bits per heavy atom.